The normalized spacial score (nSPS) is 7.38. The number of carbonyl (C=O) groups excluding carboxylic acids is 1. The van der Waals surface area contributed by atoms with E-state index in [1.165, 1.54) is 7.05 Å². The summed E-state index contributed by atoms with van der Waals surface area (Å²) in [5.41, 5.74) is 4.82. The van der Waals surface area contributed by atoms with Crippen LogP contribution in [0.4, 0.5) is 0 Å². The Morgan fingerprint density at radius 1 is 1.88 bits per heavy atom. The molecule has 0 radical (unpaired) electrons. The predicted octanol–water partition coefficient (Wildman–Crippen LogP) is -0.786. The summed E-state index contributed by atoms with van der Waals surface area (Å²) in [4.78, 5) is 10.1. The van der Waals surface area contributed by atoms with Crippen LogP contribution in [0.1, 0.15) is 0 Å². The molecule has 0 saturated carbocycles. The predicted molar refractivity (Wildman–Crippen MR) is 30.9 cm³/mol. The smallest absolute Gasteiger partial charge is 0.259 e. The molecule has 0 aromatic carbocycles. The monoisotopic (exact) mass is 140 g/mol. The van der Waals surface area contributed by atoms with E-state index in [1.807, 2.05) is 0 Å². The molecule has 0 bridgehead atoms. The lowest BCUT2D eigenvalue weighted by molar-refractivity contribution is -0.157. The third-order valence-corrected chi connectivity index (χ3v) is 0.536. The zero-order valence-corrected chi connectivity index (χ0v) is 5.31. The molecule has 3 N–H and O–H groups in total. The lowest BCUT2D eigenvalue weighted by Gasteiger charge is -2.03. The molecule has 4 nitrogen and oxygen atoms in total. The molecule has 0 unspecified atom stereocenters. The summed E-state index contributed by atoms with van der Waals surface area (Å²) < 4.78 is 0. The Morgan fingerprint density at radius 3 is 2.25 bits per heavy atom. The summed E-state index contributed by atoms with van der Waals surface area (Å²) in [6.45, 7) is -0.146. The van der Waals surface area contributed by atoms with Crippen molar-refractivity contribution in [3.63, 3.8) is 0 Å². The van der Waals surface area contributed by atoms with Crippen molar-refractivity contribution in [3.8, 4) is 0 Å². The van der Waals surface area contributed by atoms with Crippen molar-refractivity contribution in [2.24, 2.45) is 5.73 Å². The number of hydrogen-bond donors (Lipinski definition) is 2. The maximum absolute atomic E-state index is 10.1. The Bertz CT molecular complexity index is 75.7. The van der Waals surface area contributed by atoms with E-state index in [-0.39, 0.29) is 19.0 Å². The number of carbonyl (C=O) groups is 1. The molecule has 0 rings (SSSR count). The first-order chi connectivity index (χ1) is 3.18. The zero-order valence-electron chi connectivity index (χ0n) is 4.50. The van der Waals surface area contributed by atoms with E-state index in [4.69, 9.17) is 10.9 Å². The van der Waals surface area contributed by atoms with Crippen molar-refractivity contribution >= 4 is 18.3 Å². The highest BCUT2D eigenvalue weighted by atomic mass is 35.5. The van der Waals surface area contributed by atoms with Crippen molar-refractivity contribution < 1.29 is 10.0 Å². The van der Waals surface area contributed by atoms with Gasteiger partial charge >= 0.3 is 0 Å². The fourth-order valence-corrected chi connectivity index (χ4v) is 0.132. The molecule has 50 valence electrons. The van der Waals surface area contributed by atoms with Gasteiger partial charge in [-0.05, 0) is 0 Å². The molecule has 5 heteroatoms. The molecule has 0 fully saturated rings. The standard InChI is InChI=1S/C3H8N2O2.ClH/c1-5(7)3(6)2-4;/h7H,2,4H2,1H3;1H. The molecular weight excluding hydrogens is 131 g/mol. The number of nitrogens with zero attached hydrogens (tertiary/aromatic N) is 1. The van der Waals surface area contributed by atoms with Gasteiger partial charge in [0.25, 0.3) is 5.91 Å². The van der Waals surface area contributed by atoms with Crippen molar-refractivity contribution in [3.05, 3.63) is 0 Å². The van der Waals surface area contributed by atoms with Crippen molar-refractivity contribution in [1.82, 2.24) is 5.06 Å². The second-order valence-electron chi connectivity index (χ2n) is 1.12. The maximum Gasteiger partial charge on any atom is 0.259 e. The number of amides is 1. The van der Waals surface area contributed by atoms with Crippen LogP contribution in [0.15, 0.2) is 0 Å². The van der Waals surface area contributed by atoms with Crippen molar-refractivity contribution in [2.45, 2.75) is 0 Å². The second-order valence-corrected chi connectivity index (χ2v) is 1.12. The Morgan fingerprint density at radius 2 is 2.25 bits per heavy atom. The Hall–Kier alpha value is -0.320. The maximum atomic E-state index is 10.1. The minimum atomic E-state index is -0.486. The molecule has 0 aliphatic heterocycles. The average Bonchev–Trinajstić information content (AvgIpc) is 1.65. The van der Waals surface area contributed by atoms with E-state index in [1.54, 1.807) is 0 Å². The number of likely N-dealkylation sites (N-methyl/N-ethyl adjacent to an activating group) is 1. The Kier molecular flexibility index (Phi) is 6.41. The van der Waals surface area contributed by atoms with Gasteiger partial charge in [-0.25, -0.2) is 5.06 Å². The summed E-state index contributed by atoms with van der Waals surface area (Å²) in [5, 5.41) is 8.68. The first kappa shape index (κ1) is 10.6. The fourth-order valence-electron chi connectivity index (χ4n) is 0.132. The molecule has 0 atom stereocenters. The van der Waals surface area contributed by atoms with Gasteiger partial charge in [-0.2, -0.15) is 0 Å². The van der Waals surface area contributed by atoms with Crippen LogP contribution in [0.2, 0.25) is 0 Å². The van der Waals surface area contributed by atoms with E-state index < -0.39 is 5.91 Å². The third-order valence-electron chi connectivity index (χ3n) is 0.536. The molecule has 0 aliphatic carbocycles. The highest BCUT2D eigenvalue weighted by molar-refractivity contribution is 5.85. The van der Waals surface area contributed by atoms with Gasteiger partial charge in [-0.15, -0.1) is 12.4 Å². The van der Waals surface area contributed by atoms with Gasteiger partial charge in [0.1, 0.15) is 0 Å². The largest absolute Gasteiger partial charge is 0.322 e. The van der Waals surface area contributed by atoms with Crippen LogP contribution in [0.3, 0.4) is 0 Å². The average molecular weight is 141 g/mol. The number of hydrogen-bond acceptors (Lipinski definition) is 3. The minimum Gasteiger partial charge on any atom is -0.322 e. The van der Waals surface area contributed by atoms with Crippen LogP contribution in [-0.4, -0.2) is 29.8 Å². The van der Waals surface area contributed by atoms with Crippen LogP contribution in [0, 0.1) is 0 Å². The molecule has 0 aliphatic rings. The lowest BCUT2D eigenvalue weighted by atomic mass is 10.6. The van der Waals surface area contributed by atoms with Gasteiger partial charge in [0.05, 0.1) is 6.54 Å². The minimum absolute atomic E-state index is 0. The number of nitrogens with two attached hydrogens (primary N) is 1. The highest BCUT2D eigenvalue weighted by Gasteiger charge is 1.98. The molecule has 0 aromatic heterocycles. The Balaban J connectivity index is 0. The third kappa shape index (κ3) is 3.86. The van der Waals surface area contributed by atoms with E-state index in [0.29, 0.717) is 5.06 Å². The van der Waals surface area contributed by atoms with Crippen LogP contribution in [0.25, 0.3) is 0 Å². The second kappa shape index (κ2) is 4.83. The molecule has 0 saturated heterocycles. The van der Waals surface area contributed by atoms with Crippen molar-refractivity contribution in [2.75, 3.05) is 13.6 Å². The fraction of sp³-hybridized carbons (Fsp3) is 0.667. The van der Waals surface area contributed by atoms with Crippen LogP contribution >= 0.6 is 12.4 Å². The number of halogens is 1. The first-order valence-electron chi connectivity index (χ1n) is 1.84. The van der Waals surface area contributed by atoms with Gasteiger partial charge in [0.15, 0.2) is 0 Å². The van der Waals surface area contributed by atoms with Crippen LogP contribution < -0.4 is 5.73 Å². The molecule has 8 heavy (non-hydrogen) atoms. The van der Waals surface area contributed by atoms with Crippen LogP contribution in [0.5, 0.6) is 0 Å². The topological polar surface area (TPSA) is 66.6 Å². The summed E-state index contributed by atoms with van der Waals surface area (Å²) in [6, 6.07) is 0. The first-order valence-corrected chi connectivity index (χ1v) is 1.84. The molecule has 0 spiro atoms. The van der Waals surface area contributed by atoms with Crippen LogP contribution in [-0.2, 0) is 4.79 Å². The summed E-state index contributed by atoms with van der Waals surface area (Å²) in [6.07, 6.45) is 0. The number of rotatable bonds is 1. The Labute approximate surface area is 53.6 Å². The van der Waals surface area contributed by atoms with Gasteiger partial charge in [-0.3, -0.25) is 10.0 Å². The molecule has 0 heterocycles. The van der Waals surface area contributed by atoms with E-state index in [9.17, 15) is 4.79 Å². The summed E-state index contributed by atoms with van der Waals surface area (Å²) in [5.74, 6) is -0.486. The van der Waals surface area contributed by atoms with E-state index >= 15 is 0 Å². The molecule has 0 aromatic rings. The van der Waals surface area contributed by atoms with Gasteiger partial charge in [0.2, 0.25) is 0 Å². The van der Waals surface area contributed by atoms with Gasteiger partial charge in [-0.1, -0.05) is 0 Å². The zero-order chi connectivity index (χ0) is 5.86. The number of hydroxylamine groups is 2. The molecule has 1 amide bonds. The van der Waals surface area contributed by atoms with Crippen molar-refractivity contribution in [1.29, 1.82) is 0 Å². The van der Waals surface area contributed by atoms with Gasteiger partial charge < -0.3 is 5.73 Å². The highest BCUT2D eigenvalue weighted by Crippen LogP contribution is 1.69. The van der Waals surface area contributed by atoms with E-state index in [0.717, 1.165) is 0 Å². The summed E-state index contributed by atoms with van der Waals surface area (Å²) in [7, 11) is 1.23. The van der Waals surface area contributed by atoms with Gasteiger partial charge in [0, 0.05) is 7.05 Å². The lowest BCUT2D eigenvalue weighted by Crippen LogP contribution is -2.29. The van der Waals surface area contributed by atoms with E-state index in [2.05, 4.69) is 0 Å². The molecular formula is C3H9ClN2O2. The quantitative estimate of drug-likeness (QED) is 0.371. The summed E-state index contributed by atoms with van der Waals surface area (Å²) >= 11 is 0. The SMILES string of the molecule is CN(O)C(=O)CN.Cl.